The van der Waals surface area contributed by atoms with Gasteiger partial charge in [0.05, 0.1) is 5.41 Å². The summed E-state index contributed by atoms with van der Waals surface area (Å²) in [4.78, 5) is 41.8. The molecule has 7 nitrogen and oxygen atoms in total. The number of esters is 1. The first kappa shape index (κ1) is 22.5. The summed E-state index contributed by atoms with van der Waals surface area (Å²) in [7, 11) is 3.92. The number of amides is 1. The number of carbonyl (C=O) groups excluding carboxylic acids is 2. The second kappa shape index (κ2) is 8.92. The molecule has 2 saturated heterocycles. The Morgan fingerprint density at radius 1 is 1.27 bits per heavy atom. The van der Waals surface area contributed by atoms with Gasteiger partial charge in [-0.1, -0.05) is 13.8 Å². The highest BCUT2D eigenvalue weighted by Crippen LogP contribution is 2.43. The lowest BCUT2D eigenvalue weighted by Gasteiger charge is -2.36. The molecular weight excluding hydrogens is 384 g/mol. The average molecular weight is 419 g/mol. The van der Waals surface area contributed by atoms with E-state index >= 15 is 0 Å². The third kappa shape index (κ3) is 4.77. The Kier molecular flexibility index (Phi) is 6.70. The molecule has 2 aliphatic rings. The third-order valence-corrected chi connectivity index (χ3v) is 6.28. The van der Waals surface area contributed by atoms with Crippen molar-refractivity contribution in [1.29, 1.82) is 0 Å². The molecule has 1 spiro atoms. The van der Waals surface area contributed by atoms with Gasteiger partial charge in [-0.15, -0.1) is 0 Å². The van der Waals surface area contributed by atoms with E-state index in [0.29, 0.717) is 62.6 Å². The molecule has 1 aromatic heterocycles. The SMILES string of the molecule is Cc1cc(CCC(C)C)oc(=O)c1C(=O)N1CCC2(CC1)CC(CN(C)C)OC2=O. The molecule has 0 aliphatic carbocycles. The minimum atomic E-state index is -0.564. The zero-order valence-electron chi connectivity index (χ0n) is 18.8. The summed E-state index contributed by atoms with van der Waals surface area (Å²) < 4.78 is 11.0. The molecule has 1 atom stereocenters. The normalized spacial score (nSPS) is 21.0. The van der Waals surface area contributed by atoms with Crippen LogP contribution in [0.3, 0.4) is 0 Å². The first-order chi connectivity index (χ1) is 14.1. The number of ether oxygens (including phenoxy) is 1. The molecule has 3 rings (SSSR count). The maximum Gasteiger partial charge on any atom is 0.349 e. The quantitative estimate of drug-likeness (QED) is 0.661. The van der Waals surface area contributed by atoms with E-state index < -0.39 is 11.0 Å². The summed E-state index contributed by atoms with van der Waals surface area (Å²) in [5.74, 6) is 0.688. The van der Waals surface area contributed by atoms with Crippen LogP contribution in [0.25, 0.3) is 0 Å². The molecular formula is C23H34N2O5. The molecule has 2 fully saturated rings. The molecule has 0 bridgehead atoms. The van der Waals surface area contributed by atoms with Gasteiger partial charge >= 0.3 is 11.6 Å². The van der Waals surface area contributed by atoms with E-state index in [1.807, 2.05) is 25.1 Å². The fourth-order valence-electron chi connectivity index (χ4n) is 4.53. The molecule has 0 aromatic carbocycles. The van der Waals surface area contributed by atoms with Crippen molar-refractivity contribution < 1.29 is 18.7 Å². The van der Waals surface area contributed by atoms with Crippen LogP contribution in [0.15, 0.2) is 15.3 Å². The summed E-state index contributed by atoms with van der Waals surface area (Å²) >= 11 is 0. The second-order valence-electron chi connectivity index (χ2n) is 9.56. The number of hydrogen-bond donors (Lipinski definition) is 0. The summed E-state index contributed by atoms with van der Waals surface area (Å²) in [5.41, 5.74) is -0.302. The van der Waals surface area contributed by atoms with Gasteiger partial charge < -0.3 is 19.0 Å². The Labute approximate surface area is 178 Å². The average Bonchev–Trinajstić information content (AvgIpc) is 2.93. The maximum atomic E-state index is 13.1. The van der Waals surface area contributed by atoms with Crippen LogP contribution in [0.1, 0.15) is 61.2 Å². The lowest BCUT2D eigenvalue weighted by atomic mass is 9.76. The highest BCUT2D eigenvalue weighted by molar-refractivity contribution is 5.95. The summed E-state index contributed by atoms with van der Waals surface area (Å²) in [5, 5.41) is 0. The van der Waals surface area contributed by atoms with Crippen LogP contribution in [-0.4, -0.2) is 61.5 Å². The van der Waals surface area contributed by atoms with E-state index in [0.717, 1.165) is 6.42 Å². The van der Waals surface area contributed by atoms with Crippen molar-refractivity contribution in [3.05, 3.63) is 33.4 Å². The number of nitrogens with zero attached hydrogens (tertiary/aromatic N) is 2. The minimum absolute atomic E-state index is 0.0950. The van der Waals surface area contributed by atoms with Gasteiger partial charge in [-0.2, -0.15) is 0 Å². The lowest BCUT2D eigenvalue weighted by Crippen LogP contribution is -2.46. The Balaban J connectivity index is 1.67. The zero-order chi connectivity index (χ0) is 22.1. The van der Waals surface area contributed by atoms with Gasteiger partial charge in [0.2, 0.25) is 0 Å². The van der Waals surface area contributed by atoms with Crippen molar-refractivity contribution in [2.75, 3.05) is 33.7 Å². The maximum absolute atomic E-state index is 13.1. The minimum Gasteiger partial charge on any atom is -0.461 e. The van der Waals surface area contributed by atoms with Crippen LogP contribution < -0.4 is 5.63 Å². The number of cyclic esters (lactones) is 1. The predicted octanol–water partition coefficient (Wildman–Crippen LogP) is 2.64. The van der Waals surface area contributed by atoms with Crippen LogP contribution in [0.5, 0.6) is 0 Å². The molecule has 166 valence electrons. The highest BCUT2D eigenvalue weighted by Gasteiger charge is 2.51. The number of likely N-dealkylation sites (N-methyl/N-ethyl adjacent to an activating group) is 1. The standard InChI is InChI=1S/C23H34N2O5/c1-15(2)6-7-17-12-16(3)19(21(27)29-17)20(26)25-10-8-23(9-11-25)13-18(14-24(4)5)30-22(23)28/h12,15,18H,6-11,13-14H2,1-5H3. The summed E-state index contributed by atoms with van der Waals surface area (Å²) in [6.07, 6.45) is 3.34. The monoisotopic (exact) mass is 418 g/mol. The number of hydrogen-bond acceptors (Lipinski definition) is 6. The van der Waals surface area contributed by atoms with E-state index in [9.17, 15) is 14.4 Å². The largest absolute Gasteiger partial charge is 0.461 e. The van der Waals surface area contributed by atoms with Gasteiger partial charge in [0, 0.05) is 32.5 Å². The van der Waals surface area contributed by atoms with Crippen LogP contribution >= 0.6 is 0 Å². The molecule has 1 aromatic rings. The number of rotatable bonds is 6. The van der Waals surface area contributed by atoms with Gasteiger partial charge in [-0.05, 0) is 57.8 Å². The zero-order valence-corrected chi connectivity index (χ0v) is 18.8. The first-order valence-electron chi connectivity index (χ1n) is 10.9. The predicted molar refractivity (Wildman–Crippen MR) is 113 cm³/mol. The highest BCUT2D eigenvalue weighted by atomic mass is 16.6. The van der Waals surface area contributed by atoms with Gasteiger partial charge in [0.15, 0.2) is 0 Å². The van der Waals surface area contributed by atoms with Crippen LogP contribution in [0, 0.1) is 18.3 Å². The van der Waals surface area contributed by atoms with Gasteiger partial charge in [0.1, 0.15) is 17.4 Å². The Morgan fingerprint density at radius 2 is 1.93 bits per heavy atom. The molecule has 0 radical (unpaired) electrons. The van der Waals surface area contributed by atoms with Crippen molar-refractivity contribution in [1.82, 2.24) is 9.80 Å². The Hall–Kier alpha value is -2.15. The van der Waals surface area contributed by atoms with E-state index in [2.05, 4.69) is 13.8 Å². The Bertz CT molecular complexity index is 850. The van der Waals surface area contributed by atoms with E-state index in [1.54, 1.807) is 11.8 Å². The molecule has 0 saturated carbocycles. The number of aryl methyl sites for hydroxylation is 2. The van der Waals surface area contributed by atoms with Gasteiger partial charge in [0.25, 0.3) is 5.91 Å². The van der Waals surface area contributed by atoms with Gasteiger partial charge in [-0.25, -0.2) is 4.79 Å². The molecule has 1 unspecified atom stereocenters. The fourth-order valence-corrected chi connectivity index (χ4v) is 4.53. The Morgan fingerprint density at radius 3 is 2.50 bits per heavy atom. The van der Waals surface area contributed by atoms with Crippen molar-refractivity contribution in [3.63, 3.8) is 0 Å². The summed E-state index contributed by atoms with van der Waals surface area (Å²) in [6, 6.07) is 1.81. The molecule has 3 heterocycles. The van der Waals surface area contributed by atoms with Crippen molar-refractivity contribution >= 4 is 11.9 Å². The second-order valence-corrected chi connectivity index (χ2v) is 9.56. The molecule has 2 aliphatic heterocycles. The van der Waals surface area contributed by atoms with Crippen molar-refractivity contribution in [3.8, 4) is 0 Å². The van der Waals surface area contributed by atoms with Crippen LogP contribution in [-0.2, 0) is 16.0 Å². The van der Waals surface area contributed by atoms with Crippen LogP contribution in [0.2, 0.25) is 0 Å². The van der Waals surface area contributed by atoms with Crippen molar-refractivity contribution in [2.24, 2.45) is 11.3 Å². The molecule has 30 heavy (non-hydrogen) atoms. The number of carbonyl (C=O) groups is 2. The van der Waals surface area contributed by atoms with Gasteiger partial charge in [-0.3, -0.25) is 9.59 Å². The molecule has 7 heteroatoms. The lowest BCUT2D eigenvalue weighted by molar-refractivity contribution is -0.150. The molecule has 0 N–H and O–H groups in total. The number of piperidine rings is 1. The molecule has 1 amide bonds. The summed E-state index contributed by atoms with van der Waals surface area (Å²) in [6.45, 7) is 7.62. The van der Waals surface area contributed by atoms with E-state index in [1.165, 1.54) is 0 Å². The van der Waals surface area contributed by atoms with E-state index in [4.69, 9.17) is 9.15 Å². The topological polar surface area (TPSA) is 80.1 Å². The first-order valence-corrected chi connectivity index (χ1v) is 10.9. The third-order valence-electron chi connectivity index (χ3n) is 6.28. The number of likely N-dealkylation sites (tertiary alicyclic amines) is 1. The smallest absolute Gasteiger partial charge is 0.349 e. The van der Waals surface area contributed by atoms with E-state index in [-0.39, 0.29) is 23.5 Å². The van der Waals surface area contributed by atoms with Crippen molar-refractivity contribution in [2.45, 2.75) is 59.0 Å². The van der Waals surface area contributed by atoms with Crippen LogP contribution in [0.4, 0.5) is 0 Å². The fraction of sp³-hybridized carbons (Fsp3) is 0.696.